The van der Waals surface area contributed by atoms with Gasteiger partial charge in [0.2, 0.25) is 11.8 Å². The van der Waals surface area contributed by atoms with Crippen LogP contribution in [0.15, 0.2) is 30.9 Å². The van der Waals surface area contributed by atoms with Crippen LogP contribution in [0.3, 0.4) is 0 Å². The maximum atomic E-state index is 12.6. The first-order valence-corrected chi connectivity index (χ1v) is 8.84. The second-order valence-corrected chi connectivity index (χ2v) is 6.96. The minimum absolute atomic E-state index is 0.0946. The van der Waals surface area contributed by atoms with Gasteiger partial charge < -0.3 is 10.2 Å². The number of carbonyl (C=O) groups is 2. The third kappa shape index (κ3) is 4.69. The van der Waals surface area contributed by atoms with Gasteiger partial charge in [-0.3, -0.25) is 14.5 Å². The molecule has 1 fully saturated rings. The molecule has 0 saturated carbocycles. The van der Waals surface area contributed by atoms with E-state index in [2.05, 4.69) is 23.7 Å². The molecular weight excluding hydrogens is 314 g/mol. The van der Waals surface area contributed by atoms with Gasteiger partial charge in [0.1, 0.15) is 6.42 Å². The highest BCUT2D eigenvalue weighted by Gasteiger charge is 2.31. The van der Waals surface area contributed by atoms with Crippen LogP contribution in [0.4, 0.5) is 5.69 Å². The Labute approximate surface area is 150 Å². The Balaban J connectivity index is 1.96. The van der Waals surface area contributed by atoms with Crippen molar-refractivity contribution in [3.05, 3.63) is 42.0 Å². The Morgan fingerprint density at radius 1 is 1.24 bits per heavy atom. The summed E-state index contributed by atoms with van der Waals surface area (Å²) in [5.74, 6) is -0.368. The van der Waals surface area contributed by atoms with Crippen molar-refractivity contribution < 1.29 is 9.59 Å². The van der Waals surface area contributed by atoms with Gasteiger partial charge in [0, 0.05) is 37.4 Å². The molecular formula is C20H29N3O2. The van der Waals surface area contributed by atoms with E-state index in [9.17, 15) is 9.59 Å². The Kier molecular flexibility index (Phi) is 6.37. The lowest BCUT2D eigenvalue weighted by Gasteiger charge is -2.43. The van der Waals surface area contributed by atoms with Crippen LogP contribution in [0.5, 0.6) is 0 Å². The molecule has 1 heterocycles. The zero-order chi connectivity index (χ0) is 18.6. The number of amides is 2. The molecule has 0 spiro atoms. The minimum atomic E-state index is -0.257. The van der Waals surface area contributed by atoms with Crippen molar-refractivity contribution in [3.8, 4) is 0 Å². The summed E-state index contributed by atoms with van der Waals surface area (Å²) in [6, 6.07) is 6.13. The summed E-state index contributed by atoms with van der Waals surface area (Å²) in [7, 11) is 0. The molecule has 0 unspecified atom stereocenters. The van der Waals surface area contributed by atoms with E-state index in [1.807, 2.05) is 49.9 Å². The Morgan fingerprint density at radius 3 is 2.64 bits per heavy atom. The van der Waals surface area contributed by atoms with E-state index in [1.165, 1.54) is 0 Å². The van der Waals surface area contributed by atoms with E-state index in [0.29, 0.717) is 6.54 Å². The number of anilines is 1. The van der Waals surface area contributed by atoms with Gasteiger partial charge in [-0.25, -0.2) is 0 Å². The van der Waals surface area contributed by atoms with Gasteiger partial charge in [-0.1, -0.05) is 18.2 Å². The second kappa shape index (κ2) is 8.30. The Hall–Kier alpha value is -2.14. The molecule has 0 aromatic heterocycles. The van der Waals surface area contributed by atoms with Crippen LogP contribution in [-0.2, 0) is 9.59 Å². The van der Waals surface area contributed by atoms with Crippen molar-refractivity contribution >= 4 is 17.5 Å². The minimum Gasteiger partial charge on any atom is -0.337 e. The van der Waals surface area contributed by atoms with Gasteiger partial charge in [-0.15, -0.1) is 6.58 Å². The van der Waals surface area contributed by atoms with Crippen molar-refractivity contribution in [2.24, 2.45) is 0 Å². The fourth-order valence-corrected chi connectivity index (χ4v) is 3.29. The highest BCUT2D eigenvalue weighted by Crippen LogP contribution is 2.19. The summed E-state index contributed by atoms with van der Waals surface area (Å²) in [5.41, 5.74) is 2.92. The zero-order valence-corrected chi connectivity index (χ0v) is 15.7. The Morgan fingerprint density at radius 2 is 1.96 bits per heavy atom. The largest absolute Gasteiger partial charge is 0.337 e. The van der Waals surface area contributed by atoms with Crippen molar-refractivity contribution in [2.45, 2.75) is 46.2 Å². The topological polar surface area (TPSA) is 52.7 Å². The van der Waals surface area contributed by atoms with Gasteiger partial charge in [0.25, 0.3) is 0 Å². The molecule has 2 atom stereocenters. The average Bonchev–Trinajstić information content (AvgIpc) is 2.55. The maximum absolute atomic E-state index is 12.6. The predicted octanol–water partition coefficient (Wildman–Crippen LogP) is 2.74. The monoisotopic (exact) mass is 343 g/mol. The first kappa shape index (κ1) is 19.2. The highest BCUT2D eigenvalue weighted by molar-refractivity contribution is 6.04. The molecule has 0 aliphatic carbocycles. The molecule has 1 aliphatic rings. The number of aryl methyl sites for hydroxylation is 1. The van der Waals surface area contributed by atoms with E-state index in [0.717, 1.165) is 29.9 Å². The highest BCUT2D eigenvalue weighted by atomic mass is 16.2. The normalized spacial score (nSPS) is 21.0. The predicted molar refractivity (Wildman–Crippen MR) is 102 cm³/mol. The molecule has 0 radical (unpaired) electrons. The molecule has 1 aromatic rings. The number of nitrogens with one attached hydrogen (secondary N) is 1. The van der Waals surface area contributed by atoms with E-state index in [1.54, 1.807) is 0 Å². The van der Waals surface area contributed by atoms with Crippen LogP contribution >= 0.6 is 0 Å². The van der Waals surface area contributed by atoms with E-state index < -0.39 is 0 Å². The molecule has 1 aromatic carbocycles. The molecule has 2 rings (SSSR count). The van der Waals surface area contributed by atoms with Crippen molar-refractivity contribution in [1.29, 1.82) is 0 Å². The van der Waals surface area contributed by atoms with Crippen molar-refractivity contribution in [2.75, 3.05) is 25.0 Å². The van der Waals surface area contributed by atoms with Crippen LogP contribution in [0.25, 0.3) is 0 Å². The Bertz CT molecular complexity index is 656. The molecule has 1 aliphatic heterocycles. The van der Waals surface area contributed by atoms with E-state index >= 15 is 0 Å². The fourth-order valence-electron chi connectivity index (χ4n) is 3.29. The summed E-state index contributed by atoms with van der Waals surface area (Å²) < 4.78 is 0. The lowest BCUT2D eigenvalue weighted by molar-refractivity contribution is -0.139. The standard InChI is InChI=1S/C20H29N3O2/c1-6-10-22-12-16(4)23(13-15(22)3)20(25)11-19(24)21-18-9-7-8-14(2)17(18)5/h6-9,15-16H,1,10-13H2,2-5H3,(H,21,24)/t15-,16-/m1/s1. The van der Waals surface area contributed by atoms with Crippen LogP contribution < -0.4 is 5.32 Å². The van der Waals surface area contributed by atoms with Crippen LogP contribution in [-0.4, -0.2) is 53.3 Å². The van der Waals surface area contributed by atoms with Crippen LogP contribution in [0, 0.1) is 13.8 Å². The lowest BCUT2D eigenvalue weighted by atomic mass is 10.1. The molecule has 25 heavy (non-hydrogen) atoms. The fraction of sp³-hybridized carbons (Fsp3) is 0.500. The maximum Gasteiger partial charge on any atom is 0.233 e. The number of hydrogen-bond donors (Lipinski definition) is 1. The van der Waals surface area contributed by atoms with Gasteiger partial charge in [0.05, 0.1) is 0 Å². The van der Waals surface area contributed by atoms with Crippen LogP contribution in [0.1, 0.15) is 31.4 Å². The summed E-state index contributed by atoms with van der Waals surface area (Å²) in [6.07, 6.45) is 1.77. The number of nitrogens with zero attached hydrogens (tertiary/aromatic N) is 2. The number of rotatable bonds is 5. The van der Waals surface area contributed by atoms with Gasteiger partial charge >= 0.3 is 0 Å². The summed E-state index contributed by atoms with van der Waals surface area (Å²) in [6.45, 7) is 14.2. The number of carbonyl (C=O) groups excluding carboxylic acids is 2. The summed E-state index contributed by atoms with van der Waals surface area (Å²) >= 11 is 0. The van der Waals surface area contributed by atoms with Crippen LogP contribution in [0.2, 0.25) is 0 Å². The molecule has 136 valence electrons. The number of hydrogen-bond acceptors (Lipinski definition) is 3. The summed E-state index contributed by atoms with van der Waals surface area (Å²) in [5, 5.41) is 2.87. The van der Waals surface area contributed by atoms with E-state index in [4.69, 9.17) is 0 Å². The van der Waals surface area contributed by atoms with Gasteiger partial charge in [-0.2, -0.15) is 0 Å². The van der Waals surface area contributed by atoms with Crippen molar-refractivity contribution in [3.63, 3.8) is 0 Å². The SMILES string of the molecule is C=CCN1C[C@@H](C)N(C(=O)CC(=O)Nc2cccc(C)c2C)C[C@H]1C. The third-order valence-electron chi connectivity index (χ3n) is 4.99. The van der Waals surface area contributed by atoms with Crippen molar-refractivity contribution in [1.82, 2.24) is 9.80 Å². The second-order valence-electron chi connectivity index (χ2n) is 6.96. The molecule has 1 N–H and O–H groups in total. The molecule has 0 bridgehead atoms. The molecule has 2 amide bonds. The molecule has 1 saturated heterocycles. The lowest BCUT2D eigenvalue weighted by Crippen LogP contribution is -2.58. The number of piperazine rings is 1. The zero-order valence-electron chi connectivity index (χ0n) is 15.7. The first-order chi connectivity index (χ1) is 11.8. The van der Waals surface area contributed by atoms with Gasteiger partial charge in [0.15, 0.2) is 0 Å². The van der Waals surface area contributed by atoms with E-state index in [-0.39, 0.29) is 30.3 Å². The first-order valence-electron chi connectivity index (χ1n) is 8.84. The number of benzene rings is 1. The van der Waals surface area contributed by atoms with Gasteiger partial charge in [-0.05, 0) is 44.9 Å². The third-order valence-corrected chi connectivity index (χ3v) is 4.99. The molecule has 5 nitrogen and oxygen atoms in total. The quantitative estimate of drug-likeness (QED) is 0.661. The smallest absolute Gasteiger partial charge is 0.233 e. The molecule has 5 heteroatoms. The summed E-state index contributed by atoms with van der Waals surface area (Å²) in [4.78, 5) is 29.0. The average molecular weight is 343 g/mol.